The molecule has 2 amide bonds. The predicted octanol–water partition coefficient (Wildman–Crippen LogP) is 1.78. The minimum absolute atomic E-state index is 0.192. The van der Waals surface area contributed by atoms with E-state index in [1.54, 1.807) is 0 Å². The summed E-state index contributed by atoms with van der Waals surface area (Å²) in [5.41, 5.74) is -0.369. The summed E-state index contributed by atoms with van der Waals surface area (Å²) in [7, 11) is 0. The maximum Gasteiger partial charge on any atom is 0.327 e. The fraction of sp³-hybridized carbons (Fsp3) is 0.846. The van der Waals surface area contributed by atoms with Gasteiger partial charge in [0.2, 0.25) is 0 Å². The second-order valence-corrected chi connectivity index (χ2v) is 7.19. The van der Waals surface area contributed by atoms with Crippen molar-refractivity contribution in [3.05, 3.63) is 0 Å². The van der Waals surface area contributed by atoms with E-state index in [4.69, 9.17) is 0 Å². The van der Waals surface area contributed by atoms with Crippen molar-refractivity contribution in [2.75, 3.05) is 18.1 Å². The molecular weight excluding hydrogens is 264 g/mol. The number of carboxylic acids is 1. The topological polar surface area (TPSA) is 69.6 Å². The van der Waals surface area contributed by atoms with Gasteiger partial charge in [-0.2, -0.15) is 11.8 Å². The number of urea groups is 1. The minimum Gasteiger partial charge on any atom is -0.480 e. The third-order valence-corrected chi connectivity index (χ3v) is 5.19. The summed E-state index contributed by atoms with van der Waals surface area (Å²) in [6.07, 6.45) is 2.68. The summed E-state index contributed by atoms with van der Waals surface area (Å²) >= 11 is 1.83. The van der Waals surface area contributed by atoms with E-state index < -0.39 is 12.0 Å². The summed E-state index contributed by atoms with van der Waals surface area (Å²) < 4.78 is 0. The van der Waals surface area contributed by atoms with Gasteiger partial charge in [0.25, 0.3) is 0 Å². The molecule has 2 atom stereocenters. The van der Waals surface area contributed by atoms with E-state index in [9.17, 15) is 14.7 Å². The van der Waals surface area contributed by atoms with Crippen molar-refractivity contribution in [3.8, 4) is 0 Å². The lowest BCUT2D eigenvalue weighted by Crippen LogP contribution is -2.59. The van der Waals surface area contributed by atoms with Crippen molar-refractivity contribution in [2.45, 2.75) is 45.2 Å². The Balaban J connectivity index is 2.07. The molecule has 5 nitrogen and oxygen atoms in total. The zero-order valence-corrected chi connectivity index (χ0v) is 12.3. The number of nitrogens with zero attached hydrogens (tertiary/aromatic N) is 1. The predicted molar refractivity (Wildman–Crippen MR) is 75.4 cm³/mol. The first-order valence-electron chi connectivity index (χ1n) is 6.79. The highest BCUT2D eigenvalue weighted by Gasteiger charge is 2.44. The van der Waals surface area contributed by atoms with Gasteiger partial charge in [-0.25, -0.2) is 9.59 Å². The maximum atomic E-state index is 12.3. The highest BCUT2D eigenvalue weighted by Crippen LogP contribution is 2.35. The number of thioether (sulfide) groups is 1. The SMILES string of the molecule is CC1(C)CCCN(C(=O)NC2CCSC2)C1C(=O)O. The van der Waals surface area contributed by atoms with Crippen molar-refractivity contribution in [2.24, 2.45) is 5.41 Å². The molecule has 6 heteroatoms. The van der Waals surface area contributed by atoms with E-state index in [-0.39, 0.29) is 17.5 Å². The number of hydrogen-bond acceptors (Lipinski definition) is 3. The van der Waals surface area contributed by atoms with Crippen LogP contribution < -0.4 is 5.32 Å². The number of rotatable bonds is 2. The Morgan fingerprint density at radius 2 is 2.16 bits per heavy atom. The van der Waals surface area contributed by atoms with Crippen LogP contribution in [0.1, 0.15) is 33.1 Å². The fourth-order valence-corrected chi connectivity index (χ4v) is 4.14. The quantitative estimate of drug-likeness (QED) is 0.812. The van der Waals surface area contributed by atoms with Crippen LogP contribution in [0.5, 0.6) is 0 Å². The van der Waals surface area contributed by atoms with E-state index in [0.717, 1.165) is 30.8 Å². The van der Waals surface area contributed by atoms with E-state index in [2.05, 4.69) is 5.32 Å². The highest BCUT2D eigenvalue weighted by atomic mass is 32.2. The van der Waals surface area contributed by atoms with Gasteiger partial charge in [0.05, 0.1) is 0 Å². The smallest absolute Gasteiger partial charge is 0.327 e. The molecule has 2 aliphatic rings. The molecule has 0 aliphatic carbocycles. The van der Waals surface area contributed by atoms with Crippen LogP contribution in [0.2, 0.25) is 0 Å². The molecule has 0 spiro atoms. The first kappa shape index (κ1) is 14.5. The molecule has 2 fully saturated rings. The van der Waals surface area contributed by atoms with E-state index in [1.165, 1.54) is 4.90 Å². The molecule has 0 radical (unpaired) electrons. The zero-order chi connectivity index (χ0) is 14.0. The molecule has 2 N–H and O–H groups in total. The molecule has 108 valence electrons. The van der Waals surface area contributed by atoms with Crippen molar-refractivity contribution in [3.63, 3.8) is 0 Å². The molecule has 2 unspecified atom stereocenters. The molecule has 2 aliphatic heterocycles. The number of piperidine rings is 1. The van der Waals surface area contributed by atoms with Gasteiger partial charge in [-0.05, 0) is 30.4 Å². The Bertz CT molecular complexity index is 367. The number of nitrogens with one attached hydrogen (secondary N) is 1. The number of likely N-dealkylation sites (tertiary alicyclic amines) is 1. The molecule has 0 aromatic heterocycles. The fourth-order valence-electron chi connectivity index (χ4n) is 2.98. The third kappa shape index (κ3) is 3.16. The monoisotopic (exact) mass is 286 g/mol. The number of carboxylic acid groups (broad SMARTS) is 1. The van der Waals surface area contributed by atoms with Crippen LogP contribution in [0.4, 0.5) is 4.79 Å². The van der Waals surface area contributed by atoms with Gasteiger partial charge in [0.15, 0.2) is 0 Å². The number of aliphatic carboxylic acids is 1. The van der Waals surface area contributed by atoms with E-state index >= 15 is 0 Å². The molecule has 2 heterocycles. The van der Waals surface area contributed by atoms with Gasteiger partial charge < -0.3 is 15.3 Å². The number of carbonyl (C=O) groups excluding carboxylic acids is 1. The van der Waals surface area contributed by atoms with Crippen molar-refractivity contribution >= 4 is 23.8 Å². The van der Waals surface area contributed by atoms with Gasteiger partial charge in [0, 0.05) is 18.3 Å². The Morgan fingerprint density at radius 3 is 2.74 bits per heavy atom. The van der Waals surface area contributed by atoms with E-state index in [1.807, 2.05) is 25.6 Å². The van der Waals surface area contributed by atoms with Gasteiger partial charge in [-0.15, -0.1) is 0 Å². The van der Waals surface area contributed by atoms with Crippen LogP contribution in [0.15, 0.2) is 0 Å². The summed E-state index contributed by atoms with van der Waals surface area (Å²) in [6, 6.07) is -0.750. The Labute approximate surface area is 118 Å². The average molecular weight is 286 g/mol. The lowest BCUT2D eigenvalue weighted by Gasteiger charge is -2.44. The first-order valence-corrected chi connectivity index (χ1v) is 7.95. The molecule has 19 heavy (non-hydrogen) atoms. The first-order chi connectivity index (χ1) is 8.92. The summed E-state index contributed by atoms with van der Waals surface area (Å²) in [4.78, 5) is 25.3. The molecule has 0 bridgehead atoms. The van der Waals surface area contributed by atoms with Crippen LogP contribution in [0, 0.1) is 5.41 Å². The van der Waals surface area contributed by atoms with Gasteiger partial charge in [-0.3, -0.25) is 0 Å². The van der Waals surface area contributed by atoms with Crippen LogP contribution in [-0.2, 0) is 4.79 Å². The van der Waals surface area contributed by atoms with E-state index in [0.29, 0.717) is 6.54 Å². The highest BCUT2D eigenvalue weighted by molar-refractivity contribution is 7.99. The Kier molecular flexibility index (Phi) is 4.28. The summed E-state index contributed by atoms with van der Waals surface area (Å²) in [5, 5.41) is 12.4. The molecule has 0 aromatic rings. The summed E-state index contributed by atoms with van der Waals surface area (Å²) in [5.74, 6) is 1.10. The largest absolute Gasteiger partial charge is 0.480 e. The lowest BCUT2D eigenvalue weighted by atomic mass is 9.76. The molecule has 2 rings (SSSR count). The van der Waals surface area contributed by atoms with Gasteiger partial charge >= 0.3 is 12.0 Å². The standard InChI is InChI=1S/C13H22N2O3S/c1-13(2)5-3-6-15(10(13)11(16)17)12(18)14-9-4-7-19-8-9/h9-10H,3-8H2,1-2H3,(H,14,18)(H,16,17). The van der Waals surface area contributed by atoms with Crippen molar-refractivity contribution < 1.29 is 14.7 Å². The minimum atomic E-state index is -0.902. The lowest BCUT2D eigenvalue weighted by molar-refractivity contribution is -0.148. The molecule has 2 saturated heterocycles. The summed E-state index contributed by atoms with van der Waals surface area (Å²) in [6.45, 7) is 4.39. The molecular formula is C13H22N2O3S. The molecule has 0 saturated carbocycles. The second-order valence-electron chi connectivity index (χ2n) is 6.04. The third-order valence-electron chi connectivity index (χ3n) is 4.02. The zero-order valence-electron chi connectivity index (χ0n) is 11.5. The van der Waals surface area contributed by atoms with Crippen LogP contribution in [0.3, 0.4) is 0 Å². The average Bonchev–Trinajstić information content (AvgIpc) is 2.79. The number of amides is 2. The van der Waals surface area contributed by atoms with Crippen LogP contribution in [-0.4, -0.2) is 52.1 Å². The maximum absolute atomic E-state index is 12.3. The van der Waals surface area contributed by atoms with Crippen LogP contribution in [0.25, 0.3) is 0 Å². The number of hydrogen-bond donors (Lipinski definition) is 2. The normalized spacial score (nSPS) is 30.1. The van der Waals surface area contributed by atoms with Gasteiger partial charge in [-0.1, -0.05) is 13.8 Å². The molecule has 0 aromatic carbocycles. The van der Waals surface area contributed by atoms with Crippen LogP contribution >= 0.6 is 11.8 Å². The van der Waals surface area contributed by atoms with Crippen molar-refractivity contribution in [1.82, 2.24) is 10.2 Å². The van der Waals surface area contributed by atoms with Gasteiger partial charge in [0.1, 0.15) is 6.04 Å². The number of carbonyl (C=O) groups is 2. The second kappa shape index (κ2) is 5.61. The van der Waals surface area contributed by atoms with Crippen molar-refractivity contribution in [1.29, 1.82) is 0 Å². The Hall–Kier alpha value is -0.910. The Morgan fingerprint density at radius 1 is 1.42 bits per heavy atom.